The van der Waals surface area contributed by atoms with Gasteiger partial charge in [-0.2, -0.15) is 0 Å². The van der Waals surface area contributed by atoms with Crippen molar-refractivity contribution in [2.24, 2.45) is 0 Å². The third kappa shape index (κ3) is 5.24. The van der Waals surface area contributed by atoms with E-state index in [2.05, 4.69) is 80.6 Å². The first-order valence-electron chi connectivity index (χ1n) is 12.3. The summed E-state index contributed by atoms with van der Waals surface area (Å²) < 4.78 is 5.93. The van der Waals surface area contributed by atoms with Gasteiger partial charge in [0.25, 0.3) is 0 Å². The molecule has 0 spiro atoms. The van der Waals surface area contributed by atoms with Gasteiger partial charge in [0.05, 0.1) is 6.04 Å². The van der Waals surface area contributed by atoms with Crippen LogP contribution in [0.2, 0.25) is 0 Å². The summed E-state index contributed by atoms with van der Waals surface area (Å²) in [5.74, 6) is 0.477. The fourth-order valence-corrected chi connectivity index (χ4v) is 5.24. The van der Waals surface area contributed by atoms with E-state index in [9.17, 15) is 4.79 Å². The van der Waals surface area contributed by atoms with Crippen LogP contribution in [0.25, 0.3) is 10.8 Å². The Morgan fingerprint density at radius 2 is 1.70 bits per heavy atom. The Bertz CT molecular complexity index is 1090. The van der Waals surface area contributed by atoms with Crippen molar-refractivity contribution in [3.63, 3.8) is 0 Å². The van der Waals surface area contributed by atoms with E-state index in [1.165, 1.54) is 27.5 Å². The monoisotopic (exact) mass is 443 g/mol. The number of nitrogens with zero attached hydrogens (tertiary/aromatic N) is 1. The van der Waals surface area contributed by atoms with Crippen LogP contribution in [0.1, 0.15) is 82.5 Å². The summed E-state index contributed by atoms with van der Waals surface area (Å²) in [5, 5.41) is 2.40. The van der Waals surface area contributed by atoms with Crippen molar-refractivity contribution in [3.05, 3.63) is 83.4 Å². The molecule has 3 aromatic rings. The Hall–Kier alpha value is -2.81. The average Bonchev–Trinajstić information content (AvgIpc) is 3.27. The molecule has 3 nitrogen and oxygen atoms in total. The van der Waals surface area contributed by atoms with E-state index in [1.807, 2.05) is 25.7 Å². The topological polar surface area (TPSA) is 29.5 Å². The Balaban J connectivity index is 1.64. The van der Waals surface area contributed by atoms with Crippen molar-refractivity contribution in [2.75, 3.05) is 0 Å². The van der Waals surface area contributed by atoms with Crippen LogP contribution in [0.5, 0.6) is 0 Å². The number of hydrogen-bond acceptors (Lipinski definition) is 2. The van der Waals surface area contributed by atoms with E-state index in [-0.39, 0.29) is 18.2 Å². The molecule has 1 aliphatic rings. The Morgan fingerprint density at radius 3 is 2.39 bits per heavy atom. The molecule has 1 aliphatic carbocycles. The van der Waals surface area contributed by atoms with Crippen LogP contribution in [0, 0.1) is 0 Å². The zero-order chi connectivity index (χ0) is 23.6. The van der Waals surface area contributed by atoms with Crippen LogP contribution in [0.15, 0.2) is 66.7 Å². The summed E-state index contributed by atoms with van der Waals surface area (Å²) in [6, 6.07) is 23.9. The van der Waals surface area contributed by atoms with Crippen molar-refractivity contribution >= 4 is 16.9 Å². The molecule has 3 aromatic carbocycles. The second-order valence-corrected chi connectivity index (χ2v) is 10.4. The quantitative estimate of drug-likeness (QED) is 0.399. The Morgan fingerprint density at radius 1 is 1.00 bits per heavy atom. The Labute approximate surface area is 198 Å². The molecule has 4 rings (SSSR count). The van der Waals surface area contributed by atoms with E-state index in [1.54, 1.807) is 0 Å². The van der Waals surface area contributed by atoms with Gasteiger partial charge in [0, 0.05) is 6.04 Å². The first-order valence-corrected chi connectivity index (χ1v) is 12.3. The summed E-state index contributed by atoms with van der Waals surface area (Å²) in [7, 11) is 0. The van der Waals surface area contributed by atoms with E-state index >= 15 is 0 Å². The summed E-state index contributed by atoms with van der Waals surface area (Å²) in [5.41, 5.74) is 3.40. The third-order valence-electron chi connectivity index (χ3n) is 6.95. The van der Waals surface area contributed by atoms with Crippen molar-refractivity contribution in [2.45, 2.75) is 83.9 Å². The molecule has 0 bridgehead atoms. The lowest BCUT2D eigenvalue weighted by molar-refractivity contribution is 0.00694. The number of aryl methyl sites for hydroxylation is 1. The minimum Gasteiger partial charge on any atom is -0.444 e. The largest absolute Gasteiger partial charge is 0.444 e. The van der Waals surface area contributed by atoms with Gasteiger partial charge in [-0.1, -0.05) is 73.7 Å². The molecule has 0 unspecified atom stereocenters. The van der Waals surface area contributed by atoms with Crippen LogP contribution in [-0.2, 0) is 11.2 Å². The summed E-state index contributed by atoms with van der Waals surface area (Å²) in [6.45, 7) is 10.2. The number of rotatable bonds is 5. The highest BCUT2D eigenvalue weighted by molar-refractivity contribution is 5.86. The number of carbonyl (C=O) groups is 1. The van der Waals surface area contributed by atoms with Crippen molar-refractivity contribution in [3.8, 4) is 0 Å². The maximum Gasteiger partial charge on any atom is 0.411 e. The SMILES string of the molecule is CCc1ccc([C@@H]2CC[C@H](N(C(=O)OC(C)(C)C)[C@H](C)c3cccc4ccccc34)C2)cc1. The minimum absolute atomic E-state index is 0.0721. The smallest absolute Gasteiger partial charge is 0.411 e. The van der Waals surface area contributed by atoms with E-state index in [0.29, 0.717) is 5.92 Å². The molecule has 174 valence electrons. The van der Waals surface area contributed by atoms with Gasteiger partial charge < -0.3 is 4.74 Å². The van der Waals surface area contributed by atoms with E-state index in [0.717, 1.165) is 25.7 Å². The number of hydrogen-bond donors (Lipinski definition) is 0. The highest BCUT2D eigenvalue weighted by Gasteiger charge is 2.38. The lowest BCUT2D eigenvalue weighted by Crippen LogP contribution is -2.44. The third-order valence-corrected chi connectivity index (χ3v) is 6.95. The van der Waals surface area contributed by atoms with Crippen LogP contribution in [-0.4, -0.2) is 22.6 Å². The summed E-state index contributed by atoms with van der Waals surface area (Å²) in [4.78, 5) is 15.5. The fourth-order valence-electron chi connectivity index (χ4n) is 5.24. The minimum atomic E-state index is -0.526. The van der Waals surface area contributed by atoms with Gasteiger partial charge in [-0.3, -0.25) is 4.90 Å². The predicted octanol–water partition coefficient (Wildman–Crippen LogP) is 8.04. The highest BCUT2D eigenvalue weighted by Crippen LogP contribution is 2.41. The van der Waals surface area contributed by atoms with Crippen LogP contribution in [0.4, 0.5) is 4.79 Å². The lowest BCUT2D eigenvalue weighted by atomic mass is 9.95. The number of fused-ring (bicyclic) bond motifs is 1. The highest BCUT2D eigenvalue weighted by atomic mass is 16.6. The van der Waals surface area contributed by atoms with Gasteiger partial charge in [-0.15, -0.1) is 0 Å². The second-order valence-electron chi connectivity index (χ2n) is 10.4. The maximum absolute atomic E-state index is 13.5. The molecule has 0 aromatic heterocycles. The first-order chi connectivity index (χ1) is 15.8. The second kappa shape index (κ2) is 9.59. The van der Waals surface area contributed by atoms with Gasteiger partial charge in [-0.05, 0) is 86.8 Å². The number of carbonyl (C=O) groups excluding carboxylic acids is 1. The van der Waals surface area contributed by atoms with Gasteiger partial charge >= 0.3 is 6.09 Å². The van der Waals surface area contributed by atoms with Crippen molar-refractivity contribution in [1.29, 1.82) is 0 Å². The molecule has 3 heteroatoms. The van der Waals surface area contributed by atoms with Crippen molar-refractivity contribution < 1.29 is 9.53 Å². The van der Waals surface area contributed by atoms with Crippen LogP contribution in [0.3, 0.4) is 0 Å². The number of amides is 1. The molecule has 0 heterocycles. The zero-order valence-corrected chi connectivity index (χ0v) is 20.7. The molecular weight excluding hydrogens is 406 g/mol. The molecule has 0 N–H and O–H groups in total. The predicted molar refractivity (Wildman–Crippen MR) is 137 cm³/mol. The summed E-state index contributed by atoms with van der Waals surface area (Å²) >= 11 is 0. The van der Waals surface area contributed by atoms with Gasteiger partial charge in [-0.25, -0.2) is 4.79 Å². The molecule has 0 saturated heterocycles. The number of benzene rings is 3. The van der Waals surface area contributed by atoms with E-state index in [4.69, 9.17) is 4.74 Å². The molecule has 33 heavy (non-hydrogen) atoms. The molecule has 1 fully saturated rings. The molecule has 3 atom stereocenters. The molecular formula is C30H37NO2. The molecule has 1 saturated carbocycles. The van der Waals surface area contributed by atoms with Crippen LogP contribution < -0.4 is 0 Å². The van der Waals surface area contributed by atoms with Gasteiger partial charge in [0.15, 0.2) is 0 Å². The van der Waals surface area contributed by atoms with Gasteiger partial charge in [0.1, 0.15) is 5.60 Å². The normalized spacial score (nSPS) is 19.4. The fraction of sp³-hybridized carbons (Fsp3) is 0.433. The van der Waals surface area contributed by atoms with Gasteiger partial charge in [0.2, 0.25) is 0 Å². The molecule has 0 radical (unpaired) electrons. The van der Waals surface area contributed by atoms with E-state index < -0.39 is 5.60 Å². The molecule has 1 amide bonds. The van der Waals surface area contributed by atoms with Crippen LogP contribution >= 0.6 is 0 Å². The first kappa shape index (κ1) is 23.4. The standard InChI is InChI=1S/C30H37NO2/c1-6-22-14-16-23(17-15-22)25-18-19-26(20-25)31(29(32)33-30(3,4)5)21(2)27-13-9-11-24-10-7-8-12-28(24)27/h7-17,21,25-26H,6,18-20H2,1-5H3/t21-,25-,26+/m1/s1. The molecule has 0 aliphatic heterocycles. The Kier molecular flexibility index (Phi) is 6.78. The van der Waals surface area contributed by atoms with Crippen molar-refractivity contribution in [1.82, 2.24) is 4.90 Å². The maximum atomic E-state index is 13.5. The average molecular weight is 444 g/mol. The summed E-state index contributed by atoms with van der Waals surface area (Å²) in [6.07, 6.45) is 3.91. The number of ether oxygens (including phenoxy) is 1. The zero-order valence-electron chi connectivity index (χ0n) is 20.7. The lowest BCUT2D eigenvalue weighted by Gasteiger charge is -2.37.